The molecular formula is C9H10Cl2N2O2. The van der Waals surface area contributed by atoms with E-state index in [1.54, 1.807) is 19.1 Å². The number of nitrogens with zero attached hydrogens (tertiary/aromatic N) is 1. The first-order chi connectivity index (χ1) is 7.17. The highest BCUT2D eigenvalue weighted by molar-refractivity contribution is 6.37. The lowest BCUT2D eigenvalue weighted by molar-refractivity contribution is 0.0926. The van der Waals surface area contributed by atoms with Gasteiger partial charge in [-0.1, -0.05) is 0 Å². The van der Waals surface area contributed by atoms with Gasteiger partial charge in [-0.2, -0.15) is 5.10 Å². The molecule has 0 fully saturated rings. The van der Waals surface area contributed by atoms with Crippen molar-refractivity contribution in [2.75, 3.05) is 11.8 Å². The van der Waals surface area contributed by atoms with Crippen molar-refractivity contribution < 1.29 is 9.21 Å². The zero-order valence-corrected chi connectivity index (χ0v) is 9.60. The third-order valence-corrected chi connectivity index (χ3v) is 2.21. The number of hydrogen-bond acceptors (Lipinski definition) is 3. The molecule has 0 aliphatic carbocycles. The summed E-state index contributed by atoms with van der Waals surface area (Å²) in [5.41, 5.74) is 2.80. The summed E-state index contributed by atoms with van der Waals surface area (Å²) in [5, 5.41) is 3.74. The van der Waals surface area contributed by atoms with Crippen LogP contribution in [0.15, 0.2) is 21.7 Å². The quantitative estimate of drug-likeness (QED) is 0.505. The van der Waals surface area contributed by atoms with Crippen LogP contribution in [-0.2, 0) is 0 Å². The number of hydrazone groups is 1. The minimum atomic E-state index is -0.421. The number of amides is 1. The first-order valence-electron chi connectivity index (χ1n) is 4.21. The van der Waals surface area contributed by atoms with Gasteiger partial charge >= 0.3 is 5.91 Å². The average molecular weight is 249 g/mol. The van der Waals surface area contributed by atoms with E-state index in [1.807, 2.05) is 0 Å². The van der Waals surface area contributed by atoms with Crippen molar-refractivity contribution in [1.82, 2.24) is 5.43 Å². The molecule has 0 aromatic carbocycles. The first kappa shape index (κ1) is 12.1. The summed E-state index contributed by atoms with van der Waals surface area (Å²) < 4.78 is 5.10. The summed E-state index contributed by atoms with van der Waals surface area (Å²) in [4.78, 5) is 11.4. The van der Waals surface area contributed by atoms with Gasteiger partial charge < -0.3 is 4.42 Å². The topological polar surface area (TPSA) is 54.6 Å². The summed E-state index contributed by atoms with van der Waals surface area (Å²) in [7, 11) is 0. The Balaban J connectivity index is 2.60. The number of carbonyl (C=O) groups excluding carboxylic acids is 1. The maximum atomic E-state index is 11.4. The Morgan fingerprint density at radius 3 is 2.60 bits per heavy atom. The standard InChI is InChI=1S/C9H10Cl2N2O2/c1-6-2-3-8(15-6)9(14)13-12-7(4-10)5-11/h2-3H,4-5H2,1H3,(H,13,14). The van der Waals surface area contributed by atoms with E-state index >= 15 is 0 Å². The molecule has 15 heavy (non-hydrogen) atoms. The van der Waals surface area contributed by atoms with Gasteiger partial charge in [-0.15, -0.1) is 23.2 Å². The van der Waals surface area contributed by atoms with Gasteiger partial charge in [-0.25, -0.2) is 5.43 Å². The van der Waals surface area contributed by atoms with Crippen LogP contribution in [0.2, 0.25) is 0 Å². The lowest BCUT2D eigenvalue weighted by atomic mass is 10.4. The number of aryl methyl sites for hydroxylation is 1. The van der Waals surface area contributed by atoms with Crippen molar-refractivity contribution in [2.45, 2.75) is 6.92 Å². The summed E-state index contributed by atoms with van der Waals surface area (Å²) in [6.07, 6.45) is 0. The molecule has 0 bridgehead atoms. The molecule has 0 radical (unpaired) electrons. The molecule has 0 aliphatic rings. The molecule has 1 aromatic heterocycles. The molecular weight excluding hydrogens is 239 g/mol. The number of nitrogens with one attached hydrogen (secondary N) is 1. The van der Waals surface area contributed by atoms with Gasteiger partial charge in [0.05, 0.1) is 17.5 Å². The van der Waals surface area contributed by atoms with E-state index in [9.17, 15) is 4.79 Å². The predicted molar refractivity (Wildman–Crippen MR) is 59.8 cm³/mol. The maximum absolute atomic E-state index is 11.4. The Morgan fingerprint density at radius 2 is 2.13 bits per heavy atom. The van der Waals surface area contributed by atoms with Crippen LogP contribution in [0.25, 0.3) is 0 Å². The number of carbonyl (C=O) groups is 1. The number of halogens is 2. The number of hydrogen-bond donors (Lipinski definition) is 1. The predicted octanol–water partition coefficient (Wildman–Crippen LogP) is 2.15. The Morgan fingerprint density at radius 1 is 1.47 bits per heavy atom. The summed E-state index contributed by atoms with van der Waals surface area (Å²) in [6, 6.07) is 3.27. The molecule has 1 amide bonds. The van der Waals surface area contributed by atoms with E-state index in [2.05, 4.69) is 10.5 Å². The lowest BCUT2D eigenvalue weighted by Crippen LogP contribution is -2.20. The van der Waals surface area contributed by atoms with E-state index in [4.69, 9.17) is 27.6 Å². The zero-order valence-electron chi connectivity index (χ0n) is 8.09. The van der Waals surface area contributed by atoms with Crippen molar-refractivity contribution in [2.24, 2.45) is 5.10 Å². The molecule has 1 rings (SSSR count). The van der Waals surface area contributed by atoms with Crippen LogP contribution in [0.1, 0.15) is 16.3 Å². The fourth-order valence-electron chi connectivity index (χ4n) is 0.837. The Labute approximate surface area is 97.2 Å². The second kappa shape index (κ2) is 5.78. The third kappa shape index (κ3) is 3.57. The van der Waals surface area contributed by atoms with Gasteiger partial charge in [0.2, 0.25) is 0 Å². The molecule has 0 saturated carbocycles. The van der Waals surface area contributed by atoms with E-state index in [0.717, 1.165) is 0 Å². The minimum Gasteiger partial charge on any atom is -0.456 e. The van der Waals surface area contributed by atoms with Crippen molar-refractivity contribution >= 4 is 34.8 Å². The Hall–Kier alpha value is -1.000. The smallest absolute Gasteiger partial charge is 0.307 e. The van der Waals surface area contributed by atoms with Gasteiger partial charge in [-0.05, 0) is 19.1 Å². The van der Waals surface area contributed by atoms with Crippen molar-refractivity contribution in [3.63, 3.8) is 0 Å². The molecule has 4 nitrogen and oxygen atoms in total. The van der Waals surface area contributed by atoms with E-state index in [0.29, 0.717) is 11.5 Å². The van der Waals surface area contributed by atoms with Gasteiger partial charge in [-0.3, -0.25) is 4.79 Å². The van der Waals surface area contributed by atoms with Crippen LogP contribution in [0, 0.1) is 6.92 Å². The highest BCUT2D eigenvalue weighted by Crippen LogP contribution is 2.05. The number of rotatable bonds is 4. The van der Waals surface area contributed by atoms with Crippen LogP contribution in [0.3, 0.4) is 0 Å². The fraction of sp³-hybridized carbons (Fsp3) is 0.333. The van der Waals surface area contributed by atoms with Crippen molar-refractivity contribution in [1.29, 1.82) is 0 Å². The van der Waals surface area contributed by atoms with Crippen LogP contribution in [0.5, 0.6) is 0 Å². The highest BCUT2D eigenvalue weighted by Gasteiger charge is 2.08. The van der Waals surface area contributed by atoms with Gasteiger partial charge in [0.15, 0.2) is 5.76 Å². The Bertz CT molecular complexity index is 368. The summed E-state index contributed by atoms with van der Waals surface area (Å²) in [5.74, 6) is 0.816. The largest absolute Gasteiger partial charge is 0.456 e. The highest BCUT2D eigenvalue weighted by atomic mass is 35.5. The number of alkyl halides is 2. The monoisotopic (exact) mass is 248 g/mol. The van der Waals surface area contributed by atoms with Crippen molar-refractivity contribution in [3.8, 4) is 0 Å². The molecule has 0 unspecified atom stereocenters. The molecule has 1 heterocycles. The zero-order chi connectivity index (χ0) is 11.3. The second-order valence-corrected chi connectivity index (χ2v) is 3.33. The SMILES string of the molecule is Cc1ccc(C(=O)NN=C(CCl)CCl)o1. The normalized spacial score (nSPS) is 9.80. The molecule has 0 atom stereocenters. The number of furan rings is 1. The third-order valence-electron chi connectivity index (χ3n) is 1.59. The maximum Gasteiger partial charge on any atom is 0.307 e. The first-order valence-corrected chi connectivity index (χ1v) is 5.28. The average Bonchev–Trinajstić information content (AvgIpc) is 2.66. The van der Waals surface area contributed by atoms with E-state index < -0.39 is 5.91 Å². The fourth-order valence-corrected chi connectivity index (χ4v) is 1.24. The molecule has 0 spiro atoms. The van der Waals surface area contributed by atoms with E-state index in [1.165, 1.54) is 0 Å². The van der Waals surface area contributed by atoms with Crippen molar-refractivity contribution in [3.05, 3.63) is 23.7 Å². The molecule has 0 saturated heterocycles. The van der Waals surface area contributed by atoms with Crippen LogP contribution in [0.4, 0.5) is 0 Å². The molecule has 82 valence electrons. The molecule has 1 aromatic rings. The molecule has 1 N–H and O–H groups in total. The second-order valence-electron chi connectivity index (χ2n) is 2.80. The summed E-state index contributed by atoms with van der Waals surface area (Å²) in [6.45, 7) is 1.75. The van der Waals surface area contributed by atoms with Crippen LogP contribution >= 0.6 is 23.2 Å². The molecule has 0 aliphatic heterocycles. The van der Waals surface area contributed by atoms with E-state index in [-0.39, 0.29) is 17.5 Å². The minimum absolute atomic E-state index is 0.182. The Kier molecular flexibility index (Phi) is 4.65. The summed E-state index contributed by atoms with van der Waals surface area (Å²) >= 11 is 11.0. The van der Waals surface area contributed by atoms with Crippen LogP contribution in [-0.4, -0.2) is 23.4 Å². The van der Waals surface area contributed by atoms with Gasteiger partial charge in [0.25, 0.3) is 0 Å². The lowest BCUT2D eigenvalue weighted by Gasteiger charge is -1.98. The van der Waals surface area contributed by atoms with Gasteiger partial charge in [0.1, 0.15) is 5.76 Å². The van der Waals surface area contributed by atoms with Crippen LogP contribution < -0.4 is 5.43 Å². The molecule has 6 heteroatoms. The van der Waals surface area contributed by atoms with Gasteiger partial charge in [0, 0.05) is 0 Å².